The van der Waals surface area contributed by atoms with Crippen LogP contribution in [0.2, 0.25) is 0 Å². The molecule has 2 unspecified atom stereocenters. The van der Waals surface area contributed by atoms with Crippen molar-refractivity contribution in [3.63, 3.8) is 0 Å². The number of unbranched alkanes of at least 4 members (excludes halogenated alkanes) is 1. The molecule has 0 aromatic heterocycles. The third-order valence-corrected chi connectivity index (χ3v) is 4.14. The van der Waals surface area contributed by atoms with Crippen molar-refractivity contribution < 1.29 is 4.21 Å². The van der Waals surface area contributed by atoms with Gasteiger partial charge in [0.05, 0.1) is 8.49 Å². The van der Waals surface area contributed by atoms with Crippen LogP contribution in [0.25, 0.3) is 0 Å². The Labute approximate surface area is 73.6 Å². The van der Waals surface area contributed by atoms with E-state index in [9.17, 15) is 4.21 Å². The number of hydrogen-bond acceptors (Lipinski definition) is 2. The SMILES string of the molecule is CCCCC1C=CS(=O)(=S)C1. The summed E-state index contributed by atoms with van der Waals surface area (Å²) < 4.78 is 11.3. The summed E-state index contributed by atoms with van der Waals surface area (Å²) in [5.41, 5.74) is 0. The first kappa shape index (κ1) is 9.20. The van der Waals surface area contributed by atoms with Crippen LogP contribution in [0.15, 0.2) is 11.5 Å². The molecule has 0 aromatic carbocycles. The predicted molar refractivity (Wildman–Crippen MR) is 52.5 cm³/mol. The summed E-state index contributed by atoms with van der Waals surface area (Å²) in [7, 11) is -1.97. The van der Waals surface area contributed by atoms with Crippen LogP contribution < -0.4 is 0 Å². The van der Waals surface area contributed by atoms with Crippen LogP contribution >= 0.6 is 0 Å². The van der Waals surface area contributed by atoms with Crippen LogP contribution in [0.1, 0.15) is 26.2 Å². The lowest BCUT2D eigenvalue weighted by atomic mass is 10.1. The Hall–Kier alpha value is 0.110. The van der Waals surface area contributed by atoms with E-state index in [-0.39, 0.29) is 0 Å². The molecule has 0 radical (unpaired) electrons. The van der Waals surface area contributed by atoms with Gasteiger partial charge in [-0.05, 0) is 23.5 Å². The molecule has 1 nitrogen and oxygen atoms in total. The van der Waals surface area contributed by atoms with Gasteiger partial charge in [-0.1, -0.05) is 25.8 Å². The maximum Gasteiger partial charge on any atom is 0.0524 e. The Kier molecular flexibility index (Phi) is 3.07. The minimum Gasteiger partial charge on any atom is -0.252 e. The first-order valence-corrected chi connectivity index (χ1v) is 6.76. The molecule has 1 aliphatic heterocycles. The average Bonchev–Trinajstić information content (AvgIpc) is 2.26. The van der Waals surface area contributed by atoms with E-state index in [0.717, 1.165) is 6.42 Å². The van der Waals surface area contributed by atoms with Gasteiger partial charge in [0.2, 0.25) is 0 Å². The predicted octanol–water partition coefficient (Wildman–Crippen LogP) is 2.07. The number of hydrogen-bond donors (Lipinski definition) is 0. The minimum atomic E-state index is -1.97. The Morgan fingerprint density at radius 3 is 2.91 bits per heavy atom. The standard InChI is InChI=1S/C8H14OS2/c1-2-3-4-8-5-6-11(9,10)7-8/h5-6,8H,2-4,7H2,1H3. The van der Waals surface area contributed by atoms with Crippen LogP contribution in [0.4, 0.5) is 0 Å². The zero-order chi connectivity index (χ0) is 8.32. The second kappa shape index (κ2) is 3.68. The molecule has 0 aliphatic carbocycles. The van der Waals surface area contributed by atoms with E-state index < -0.39 is 8.49 Å². The van der Waals surface area contributed by atoms with Gasteiger partial charge in [0, 0.05) is 11.2 Å². The van der Waals surface area contributed by atoms with Gasteiger partial charge < -0.3 is 0 Å². The normalized spacial score (nSPS) is 36.3. The van der Waals surface area contributed by atoms with E-state index in [1.54, 1.807) is 5.41 Å². The van der Waals surface area contributed by atoms with Gasteiger partial charge in [-0.2, -0.15) is 0 Å². The fraction of sp³-hybridized carbons (Fsp3) is 0.750. The fourth-order valence-corrected chi connectivity index (χ4v) is 3.45. The molecule has 0 aromatic rings. The first-order chi connectivity index (χ1) is 5.14. The van der Waals surface area contributed by atoms with Crippen LogP contribution in [0.3, 0.4) is 0 Å². The number of allylic oxidation sites excluding steroid dienone is 1. The van der Waals surface area contributed by atoms with Crippen LogP contribution in [0, 0.1) is 5.92 Å². The van der Waals surface area contributed by atoms with E-state index >= 15 is 0 Å². The molecule has 0 fully saturated rings. The summed E-state index contributed by atoms with van der Waals surface area (Å²) >= 11 is 4.88. The monoisotopic (exact) mass is 190 g/mol. The van der Waals surface area contributed by atoms with Gasteiger partial charge in [-0.25, -0.2) is 0 Å². The zero-order valence-electron chi connectivity index (χ0n) is 6.79. The van der Waals surface area contributed by atoms with E-state index in [1.165, 1.54) is 12.8 Å². The molecule has 0 bridgehead atoms. The highest BCUT2D eigenvalue weighted by atomic mass is 32.8. The first-order valence-electron chi connectivity index (χ1n) is 4.05. The molecule has 0 N–H and O–H groups in total. The minimum absolute atomic E-state index is 0.500. The zero-order valence-corrected chi connectivity index (χ0v) is 8.42. The molecule has 0 spiro atoms. The van der Waals surface area contributed by atoms with E-state index in [2.05, 4.69) is 6.92 Å². The molecule has 0 saturated carbocycles. The molecule has 0 saturated heterocycles. The highest BCUT2D eigenvalue weighted by Gasteiger charge is 2.17. The van der Waals surface area contributed by atoms with Crippen molar-refractivity contribution in [3.05, 3.63) is 11.5 Å². The summed E-state index contributed by atoms with van der Waals surface area (Å²) in [6, 6.07) is 0. The van der Waals surface area contributed by atoms with Crippen molar-refractivity contribution >= 4 is 19.7 Å². The van der Waals surface area contributed by atoms with Gasteiger partial charge in [-0.15, -0.1) is 0 Å². The third kappa shape index (κ3) is 2.91. The van der Waals surface area contributed by atoms with E-state index in [1.807, 2.05) is 6.08 Å². The molecule has 1 heterocycles. The Balaban J connectivity index is 2.39. The molecule has 1 aliphatic rings. The second-order valence-corrected chi connectivity index (χ2v) is 6.68. The quantitative estimate of drug-likeness (QED) is 0.677. The van der Waals surface area contributed by atoms with Gasteiger partial charge in [0.15, 0.2) is 0 Å². The average molecular weight is 190 g/mol. The van der Waals surface area contributed by atoms with E-state index in [0.29, 0.717) is 11.7 Å². The molecule has 1 rings (SSSR count). The molecule has 0 amide bonds. The smallest absolute Gasteiger partial charge is 0.0524 e. The van der Waals surface area contributed by atoms with Crippen molar-refractivity contribution in [2.75, 3.05) is 5.75 Å². The van der Waals surface area contributed by atoms with Gasteiger partial charge in [0.1, 0.15) is 0 Å². The lowest BCUT2D eigenvalue weighted by Crippen LogP contribution is -2.03. The Morgan fingerprint density at radius 2 is 2.45 bits per heavy atom. The molecular weight excluding hydrogens is 176 g/mol. The summed E-state index contributed by atoms with van der Waals surface area (Å²) in [5.74, 6) is 1.21. The summed E-state index contributed by atoms with van der Waals surface area (Å²) in [6.45, 7) is 2.17. The molecule has 2 atom stereocenters. The lowest BCUT2D eigenvalue weighted by molar-refractivity contribution is 0.603. The van der Waals surface area contributed by atoms with Crippen LogP contribution in [-0.4, -0.2) is 9.96 Å². The van der Waals surface area contributed by atoms with Crippen LogP contribution in [0.5, 0.6) is 0 Å². The fourth-order valence-electron chi connectivity index (χ4n) is 1.29. The topological polar surface area (TPSA) is 17.1 Å². The van der Waals surface area contributed by atoms with Gasteiger partial charge in [-0.3, -0.25) is 4.21 Å². The largest absolute Gasteiger partial charge is 0.252 e. The molecule has 3 heteroatoms. The third-order valence-electron chi connectivity index (χ3n) is 1.93. The second-order valence-electron chi connectivity index (χ2n) is 3.06. The van der Waals surface area contributed by atoms with Crippen molar-refractivity contribution in [2.24, 2.45) is 5.92 Å². The molecular formula is C8H14OS2. The maximum absolute atomic E-state index is 11.3. The highest BCUT2D eigenvalue weighted by Crippen LogP contribution is 2.20. The summed E-state index contributed by atoms with van der Waals surface area (Å²) in [4.78, 5) is 0. The van der Waals surface area contributed by atoms with Crippen molar-refractivity contribution in [1.82, 2.24) is 0 Å². The van der Waals surface area contributed by atoms with Gasteiger partial charge >= 0.3 is 0 Å². The maximum atomic E-state index is 11.3. The highest BCUT2D eigenvalue weighted by molar-refractivity contribution is 8.34. The van der Waals surface area contributed by atoms with E-state index in [4.69, 9.17) is 11.2 Å². The van der Waals surface area contributed by atoms with Crippen molar-refractivity contribution in [2.45, 2.75) is 26.2 Å². The number of rotatable bonds is 3. The molecule has 64 valence electrons. The van der Waals surface area contributed by atoms with Crippen molar-refractivity contribution in [1.29, 1.82) is 0 Å². The molecule has 11 heavy (non-hydrogen) atoms. The van der Waals surface area contributed by atoms with Crippen LogP contribution in [-0.2, 0) is 19.7 Å². The Morgan fingerprint density at radius 1 is 1.73 bits per heavy atom. The Bertz CT molecular complexity index is 239. The van der Waals surface area contributed by atoms with Crippen molar-refractivity contribution in [3.8, 4) is 0 Å². The summed E-state index contributed by atoms with van der Waals surface area (Å²) in [5, 5.41) is 1.72. The lowest BCUT2D eigenvalue weighted by Gasteiger charge is -2.04. The van der Waals surface area contributed by atoms with Gasteiger partial charge in [0.25, 0.3) is 0 Å². The summed E-state index contributed by atoms with van der Waals surface area (Å²) in [6.07, 6.45) is 5.62.